The van der Waals surface area contributed by atoms with E-state index < -0.39 is 10.0 Å². The highest BCUT2D eigenvalue weighted by atomic mass is 35.5. The van der Waals surface area contributed by atoms with Gasteiger partial charge < -0.3 is 11.1 Å². The maximum atomic E-state index is 12.7. The minimum Gasteiger partial charge on any atom is -0.350 e. The Bertz CT molecular complexity index is 959. The standard InChI is InChI=1S/C20H25N3O3S.ClH/c1-13-7-10-16(27(25,26)23-19-6-4-3-5-14(19)2)11-17(13)20(24)22-12-18(21)15-8-9-15;/h3-7,10-11,15,18,23H,8-9,12,21H2,1-2H3,(H,22,24);1H. The van der Waals surface area contributed by atoms with Crippen molar-refractivity contribution < 1.29 is 13.2 Å². The van der Waals surface area contributed by atoms with E-state index in [-0.39, 0.29) is 29.3 Å². The summed E-state index contributed by atoms with van der Waals surface area (Å²) in [6.07, 6.45) is 2.21. The van der Waals surface area contributed by atoms with Crippen molar-refractivity contribution in [3.05, 3.63) is 59.2 Å². The summed E-state index contributed by atoms with van der Waals surface area (Å²) in [4.78, 5) is 12.6. The van der Waals surface area contributed by atoms with Crippen LogP contribution < -0.4 is 15.8 Å². The van der Waals surface area contributed by atoms with Crippen molar-refractivity contribution >= 4 is 34.0 Å². The van der Waals surface area contributed by atoms with Gasteiger partial charge in [-0.05, 0) is 61.9 Å². The Hall–Kier alpha value is -2.09. The third-order valence-electron chi connectivity index (χ3n) is 4.88. The minimum atomic E-state index is -3.80. The molecule has 1 fully saturated rings. The smallest absolute Gasteiger partial charge is 0.261 e. The van der Waals surface area contributed by atoms with Crippen molar-refractivity contribution in [1.82, 2.24) is 5.32 Å². The van der Waals surface area contributed by atoms with Gasteiger partial charge in [-0.25, -0.2) is 8.42 Å². The van der Waals surface area contributed by atoms with Gasteiger partial charge in [-0.15, -0.1) is 12.4 Å². The van der Waals surface area contributed by atoms with E-state index in [1.807, 2.05) is 19.1 Å². The lowest BCUT2D eigenvalue weighted by Crippen LogP contribution is -2.38. The highest BCUT2D eigenvalue weighted by Crippen LogP contribution is 2.31. The van der Waals surface area contributed by atoms with Crippen LogP contribution in [0.1, 0.15) is 34.3 Å². The van der Waals surface area contributed by atoms with Gasteiger partial charge in [-0.3, -0.25) is 9.52 Å². The summed E-state index contributed by atoms with van der Waals surface area (Å²) in [5.41, 5.74) is 8.40. The third kappa shape index (κ3) is 5.25. The lowest BCUT2D eigenvalue weighted by atomic mass is 10.1. The number of aryl methyl sites for hydroxylation is 2. The minimum absolute atomic E-state index is 0. The Morgan fingerprint density at radius 1 is 1.14 bits per heavy atom. The lowest BCUT2D eigenvalue weighted by Gasteiger charge is -2.14. The molecule has 1 amide bonds. The van der Waals surface area contributed by atoms with Gasteiger partial charge in [0.1, 0.15) is 0 Å². The van der Waals surface area contributed by atoms with Gasteiger partial charge >= 0.3 is 0 Å². The van der Waals surface area contributed by atoms with E-state index in [0.717, 1.165) is 18.4 Å². The maximum Gasteiger partial charge on any atom is 0.261 e. The van der Waals surface area contributed by atoms with Gasteiger partial charge in [0.2, 0.25) is 0 Å². The molecule has 1 unspecified atom stereocenters. The molecular formula is C20H26ClN3O3S. The largest absolute Gasteiger partial charge is 0.350 e. The van der Waals surface area contributed by atoms with Crippen LogP contribution in [0.2, 0.25) is 0 Å². The topological polar surface area (TPSA) is 101 Å². The third-order valence-corrected chi connectivity index (χ3v) is 6.24. The average Bonchev–Trinajstić information content (AvgIpc) is 3.46. The molecule has 152 valence electrons. The molecule has 0 bridgehead atoms. The number of halogens is 1. The number of para-hydroxylation sites is 1. The Labute approximate surface area is 172 Å². The number of rotatable bonds is 7. The van der Waals surface area contributed by atoms with Crippen molar-refractivity contribution in [1.29, 1.82) is 0 Å². The number of amides is 1. The number of nitrogens with one attached hydrogen (secondary N) is 2. The molecule has 0 spiro atoms. The first kappa shape index (κ1) is 22.2. The number of carbonyl (C=O) groups excluding carboxylic acids is 1. The van der Waals surface area contributed by atoms with Crippen molar-refractivity contribution in [3.8, 4) is 0 Å². The average molecular weight is 424 g/mol. The molecular weight excluding hydrogens is 398 g/mol. The predicted molar refractivity (Wildman–Crippen MR) is 113 cm³/mol. The van der Waals surface area contributed by atoms with E-state index in [0.29, 0.717) is 29.3 Å². The van der Waals surface area contributed by atoms with Gasteiger partial charge in [0.25, 0.3) is 15.9 Å². The highest BCUT2D eigenvalue weighted by Gasteiger charge is 2.28. The first-order chi connectivity index (χ1) is 12.8. The molecule has 1 aliphatic rings. The first-order valence-corrected chi connectivity index (χ1v) is 10.5. The number of nitrogens with two attached hydrogens (primary N) is 1. The van der Waals surface area contributed by atoms with E-state index in [4.69, 9.17) is 5.73 Å². The molecule has 0 aromatic heterocycles. The SMILES string of the molecule is Cc1ccccc1NS(=O)(=O)c1ccc(C)c(C(=O)NCC(N)C2CC2)c1.Cl. The fourth-order valence-corrected chi connectivity index (χ4v) is 4.06. The van der Waals surface area contributed by atoms with E-state index in [1.54, 1.807) is 25.1 Å². The van der Waals surface area contributed by atoms with Crippen molar-refractivity contribution in [3.63, 3.8) is 0 Å². The Balaban J connectivity index is 0.00000280. The number of anilines is 1. The summed E-state index contributed by atoms with van der Waals surface area (Å²) in [7, 11) is -3.80. The van der Waals surface area contributed by atoms with Gasteiger partial charge in [-0.1, -0.05) is 24.3 Å². The summed E-state index contributed by atoms with van der Waals surface area (Å²) < 4.78 is 28.1. The molecule has 1 aliphatic carbocycles. The van der Waals surface area contributed by atoms with Crippen LogP contribution in [0.3, 0.4) is 0 Å². The molecule has 2 aromatic carbocycles. The van der Waals surface area contributed by atoms with Crippen LogP contribution in [-0.4, -0.2) is 26.9 Å². The van der Waals surface area contributed by atoms with Crippen LogP contribution in [0.4, 0.5) is 5.69 Å². The molecule has 4 N–H and O–H groups in total. The van der Waals surface area contributed by atoms with E-state index in [9.17, 15) is 13.2 Å². The molecule has 1 saturated carbocycles. The van der Waals surface area contributed by atoms with Crippen LogP contribution >= 0.6 is 12.4 Å². The number of benzene rings is 2. The second-order valence-corrected chi connectivity index (χ2v) is 8.79. The van der Waals surface area contributed by atoms with Crippen LogP contribution in [0, 0.1) is 19.8 Å². The van der Waals surface area contributed by atoms with Crippen LogP contribution in [-0.2, 0) is 10.0 Å². The maximum absolute atomic E-state index is 12.7. The molecule has 6 nitrogen and oxygen atoms in total. The van der Waals surface area contributed by atoms with Crippen molar-refractivity contribution in [2.45, 2.75) is 37.6 Å². The van der Waals surface area contributed by atoms with Crippen molar-refractivity contribution in [2.75, 3.05) is 11.3 Å². The van der Waals surface area contributed by atoms with Gasteiger partial charge in [-0.2, -0.15) is 0 Å². The van der Waals surface area contributed by atoms with Crippen molar-refractivity contribution in [2.24, 2.45) is 11.7 Å². The summed E-state index contributed by atoms with van der Waals surface area (Å²) in [5.74, 6) is 0.174. The normalized spacial score (nSPS) is 14.7. The molecule has 2 aromatic rings. The fraction of sp³-hybridized carbons (Fsp3) is 0.350. The Morgan fingerprint density at radius 3 is 2.46 bits per heavy atom. The zero-order valence-electron chi connectivity index (χ0n) is 15.9. The van der Waals surface area contributed by atoms with Crippen LogP contribution in [0.15, 0.2) is 47.4 Å². The molecule has 1 atom stereocenters. The van der Waals surface area contributed by atoms with E-state index in [1.165, 1.54) is 12.1 Å². The molecule has 8 heteroatoms. The number of hydrogen-bond acceptors (Lipinski definition) is 4. The second kappa shape index (κ2) is 8.94. The zero-order valence-corrected chi connectivity index (χ0v) is 17.6. The molecule has 28 heavy (non-hydrogen) atoms. The monoisotopic (exact) mass is 423 g/mol. The fourth-order valence-electron chi connectivity index (χ4n) is 2.90. The van der Waals surface area contributed by atoms with Gasteiger partial charge in [0.05, 0.1) is 10.6 Å². The second-order valence-electron chi connectivity index (χ2n) is 7.11. The quantitative estimate of drug-likeness (QED) is 0.637. The summed E-state index contributed by atoms with van der Waals surface area (Å²) in [5, 5.41) is 2.82. The predicted octanol–water partition coefficient (Wildman–Crippen LogP) is 2.99. The van der Waals surface area contributed by atoms with E-state index >= 15 is 0 Å². The molecule has 0 heterocycles. The Kier molecular flexibility index (Phi) is 7.09. The molecule has 0 radical (unpaired) electrons. The number of hydrogen-bond donors (Lipinski definition) is 3. The van der Waals surface area contributed by atoms with E-state index in [2.05, 4.69) is 10.0 Å². The molecule has 0 aliphatic heterocycles. The number of carbonyl (C=O) groups is 1. The van der Waals surface area contributed by atoms with Crippen LogP contribution in [0.5, 0.6) is 0 Å². The first-order valence-electron chi connectivity index (χ1n) is 9.01. The number of sulfonamides is 1. The van der Waals surface area contributed by atoms with Crippen LogP contribution in [0.25, 0.3) is 0 Å². The lowest BCUT2D eigenvalue weighted by molar-refractivity contribution is 0.0949. The highest BCUT2D eigenvalue weighted by molar-refractivity contribution is 7.92. The Morgan fingerprint density at radius 2 is 1.82 bits per heavy atom. The zero-order chi connectivity index (χ0) is 19.6. The summed E-state index contributed by atoms with van der Waals surface area (Å²) in [6, 6.07) is 11.6. The molecule has 0 saturated heterocycles. The van der Waals surface area contributed by atoms with Gasteiger partial charge in [0, 0.05) is 18.2 Å². The molecule has 3 rings (SSSR count). The summed E-state index contributed by atoms with van der Waals surface area (Å²) in [6.45, 7) is 4.00. The van der Waals surface area contributed by atoms with Gasteiger partial charge in [0.15, 0.2) is 0 Å². The summed E-state index contributed by atoms with van der Waals surface area (Å²) >= 11 is 0.